The average Bonchev–Trinajstić information content (AvgIpc) is 3.03. The van der Waals surface area contributed by atoms with E-state index in [1.807, 2.05) is 0 Å². The number of aromatic nitrogens is 3. The first-order chi connectivity index (χ1) is 17.7. The van der Waals surface area contributed by atoms with Crippen LogP contribution in [0.2, 0.25) is 0 Å². The number of pyridine rings is 1. The number of H-pyrrole nitrogens is 1. The predicted molar refractivity (Wildman–Crippen MR) is 125 cm³/mol. The molecular weight excluding hydrogens is 495 g/mol. The van der Waals surface area contributed by atoms with Crippen molar-refractivity contribution >= 4 is 17.4 Å². The fraction of sp³-hybridized carbons (Fsp3) is 0.522. The van der Waals surface area contributed by atoms with Crippen LogP contribution in [0.1, 0.15) is 30.9 Å². The third-order valence-electron chi connectivity index (χ3n) is 6.15. The van der Waals surface area contributed by atoms with Gasteiger partial charge in [0.15, 0.2) is 11.6 Å². The number of fused-ring (bicyclic) bond motifs is 3. The van der Waals surface area contributed by atoms with Crippen molar-refractivity contribution in [3.63, 3.8) is 0 Å². The molecule has 0 spiro atoms. The Morgan fingerprint density at radius 2 is 2.22 bits per heavy atom. The Labute approximate surface area is 210 Å². The van der Waals surface area contributed by atoms with Gasteiger partial charge in [-0.05, 0) is 6.92 Å². The number of carbonyl (C=O) groups excluding carboxylic acids is 1. The SMILES string of the molecule is C[C@@H](COCCC(=O)N1CCN2c3ncc(C#N)cc3OCCC2C1)Nc1cn[nH]c(=O)c1C(F)(F)F. The van der Waals surface area contributed by atoms with Crippen molar-refractivity contribution in [3.8, 4) is 11.8 Å². The molecule has 2 N–H and O–H groups in total. The lowest BCUT2D eigenvalue weighted by molar-refractivity contribution is -0.138. The van der Waals surface area contributed by atoms with E-state index in [-0.39, 0.29) is 31.6 Å². The standard InChI is InChI=1S/C23H26F3N7O4/c1-14(30-17-11-29-31-22(35)20(17)23(24,25)26)13-36-6-3-19(34)32-4-5-33-16(12-32)2-7-37-18-8-15(9-27)10-28-21(18)33/h8,10-11,14,16H,2-7,12-13H2,1H3,(H2,30,31,35)/t14-,16?/m0/s1. The van der Waals surface area contributed by atoms with Crippen LogP contribution in [0.25, 0.3) is 0 Å². The number of ether oxygens (including phenoxy) is 2. The molecule has 0 aliphatic carbocycles. The van der Waals surface area contributed by atoms with Gasteiger partial charge in [0.1, 0.15) is 11.6 Å². The first kappa shape index (κ1) is 26.2. The number of piperazine rings is 1. The van der Waals surface area contributed by atoms with E-state index >= 15 is 0 Å². The molecule has 2 atom stereocenters. The van der Waals surface area contributed by atoms with E-state index in [9.17, 15) is 22.8 Å². The molecule has 0 bridgehead atoms. The molecule has 1 unspecified atom stereocenters. The number of halogens is 3. The molecule has 14 heteroatoms. The van der Waals surface area contributed by atoms with E-state index in [2.05, 4.69) is 26.4 Å². The molecule has 0 aromatic carbocycles. The minimum absolute atomic E-state index is 0.0231. The number of carbonyl (C=O) groups is 1. The quantitative estimate of drug-likeness (QED) is 0.522. The molecule has 0 radical (unpaired) electrons. The molecule has 1 fully saturated rings. The van der Waals surface area contributed by atoms with Gasteiger partial charge >= 0.3 is 6.18 Å². The van der Waals surface area contributed by atoms with Gasteiger partial charge in [-0.15, -0.1) is 0 Å². The van der Waals surface area contributed by atoms with E-state index in [0.717, 1.165) is 6.20 Å². The molecule has 1 amide bonds. The van der Waals surface area contributed by atoms with Crippen LogP contribution in [0, 0.1) is 11.3 Å². The number of hydrogen-bond acceptors (Lipinski definition) is 9. The third kappa shape index (κ3) is 6.11. The fourth-order valence-corrected chi connectivity index (χ4v) is 4.41. The number of hydrogen-bond donors (Lipinski definition) is 2. The largest absolute Gasteiger partial charge is 0.490 e. The van der Waals surface area contributed by atoms with Crippen LogP contribution in [-0.4, -0.2) is 77.5 Å². The molecule has 4 rings (SSSR count). The van der Waals surface area contributed by atoms with Gasteiger partial charge in [-0.2, -0.15) is 23.5 Å². The fourth-order valence-electron chi connectivity index (χ4n) is 4.41. The second kappa shape index (κ2) is 11.0. The van der Waals surface area contributed by atoms with Crippen molar-refractivity contribution in [2.45, 2.75) is 38.0 Å². The van der Waals surface area contributed by atoms with Crippen LogP contribution < -0.4 is 20.5 Å². The lowest BCUT2D eigenvalue weighted by Gasteiger charge is -2.41. The van der Waals surface area contributed by atoms with Crippen LogP contribution >= 0.6 is 0 Å². The maximum absolute atomic E-state index is 13.2. The highest BCUT2D eigenvalue weighted by Crippen LogP contribution is 2.34. The zero-order valence-corrected chi connectivity index (χ0v) is 20.0. The minimum Gasteiger partial charge on any atom is -0.490 e. The normalized spacial score (nSPS) is 18.1. The predicted octanol–water partition coefficient (Wildman–Crippen LogP) is 1.76. The van der Waals surface area contributed by atoms with E-state index in [0.29, 0.717) is 49.8 Å². The summed E-state index contributed by atoms with van der Waals surface area (Å²) in [6.45, 7) is 3.72. The molecule has 11 nitrogen and oxygen atoms in total. The average molecular weight is 522 g/mol. The Morgan fingerprint density at radius 1 is 1.41 bits per heavy atom. The van der Waals surface area contributed by atoms with Gasteiger partial charge in [0.2, 0.25) is 5.91 Å². The van der Waals surface area contributed by atoms with E-state index in [1.165, 1.54) is 6.20 Å². The van der Waals surface area contributed by atoms with Crippen molar-refractivity contribution in [1.82, 2.24) is 20.1 Å². The second-order valence-electron chi connectivity index (χ2n) is 8.84. The van der Waals surface area contributed by atoms with Crippen LogP contribution in [0.4, 0.5) is 24.7 Å². The molecule has 4 heterocycles. The topological polar surface area (TPSA) is 136 Å². The Morgan fingerprint density at radius 3 is 2.97 bits per heavy atom. The lowest BCUT2D eigenvalue weighted by Crippen LogP contribution is -2.55. The number of nitrogens with zero attached hydrogens (tertiary/aromatic N) is 5. The summed E-state index contributed by atoms with van der Waals surface area (Å²) in [5.74, 6) is 1.15. The molecule has 2 aliphatic heterocycles. The van der Waals surface area contributed by atoms with Gasteiger partial charge in [0.25, 0.3) is 5.56 Å². The van der Waals surface area contributed by atoms with E-state index < -0.39 is 29.0 Å². The molecule has 0 saturated carbocycles. The lowest BCUT2D eigenvalue weighted by atomic mass is 10.1. The zero-order chi connectivity index (χ0) is 26.6. The molecule has 1 saturated heterocycles. The molecular formula is C23H26F3N7O4. The van der Waals surface area contributed by atoms with Gasteiger partial charge in [-0.25, -0.2) is 10.1 Å². The van der Waals surface area contributed by atoms with Crippen LogP contribution in [-0.2, 0) is 15.7 Å². The monoisotopic (exact) mass is 521 g/mol. The molecule has 2 aromatic heterocycles. The number of nitriles is 1. The Kier molecular flexibility index (Phi) is 7.82. The smallest absolute Gasteiger partial charge is 0.423 e. The van der Waals surface area contributed by atoms with Crippen molar-refractivity contribution in [1.29, 1.82) is 5.26 Å². The van der Waals surface area contributed by atoms with Gasteiger partial charge in [-0.3, -0.25) is 9.59 Å². The van der Waals surface area contributed by atoms with Crippen molar-refractivity contribution in [2.24, 2.45) is 0 Å². The van der Waals surface area contributed by atoms with Crippen LogP contribution in [0.3, 0.4) is 0 Å². The highest BCUT2D eigenvalue weighted by Gasteiger charge is 2.37. The number of amides is 1. The summed E-state index contributed by atoms with van der Waals surface area (Å²) in [4.78, 5) is 32.6. The highest BCUT2D eigenvalue weighted by atomic mass is 19.4. The Balaban J connectivity index is 1.25. The van der Waals surface area contributed by atoms with Gasteiger partial charge < -0.3 is 24.6 Å². The zero-order valence-electron chi connectivity index (χ0n) is 20.0. The van der Waals surface area contributed by atoms with Crippen LogP contribution in [0.5, 0.6) is 5.75 Å². The minimum atomic E-state index is -4.84. The molecule has 2 aromatic rings. The molecule has 37 heavy (non-hydrogen) atoms. The van der Waals surface area contributed by atoms with Gasteiger partial charge in [0.05, 0.1) is 49.7 Å². The number of rotatable bonds is 7. The number of anilines is 2. The molecule has 2 aliphatic rings. The first-order valence-electron chi connectivity index (χ1n) is 11.7. The summed E-state index contributed by atoms with van der Waals surface area (Å²) in [6.07, 6.45) is -1.61. The summed E-state index contributed by atoms with van der Waals surface area (Å²) in [7, 11) is 0. The van der Waals surface area contributed by atoms with E-state index in [4.69, 9.17) is 14.7 Å². The maximum Gasteiger partial charge on any atom is 0.423 e. The summed E-state index contributed by atoms with van der Waals surface area (Å²) >= 11 is 0. The van der Waals surface area contributed by atoms with Crippen molar-refractivity contribution in [2.75, 3.05) is 49.7 Å². The third-order valence-corrected chi connectivity index (χ3v) is 6.15. The van der Waals surface area contributed by atoms with Crippen molar-refractivity contribution in [3.05, 3.63) is 39.9 Å². The van der Waals surface area contributed by atoms with Crippen molar-refractivity contribution < 1.29 is 27.4 Å². The van der Waals surface area contributed by atoms with Gasteiger partial charge in [-0.1, -0.05) is 0 Å². The Hall–Kier alpha value is -3.86. The van der Waals surface area contributed by atoms with E-state index in [1.54, 1.807) is 23.0 Å². The summed E-state index contributed by atoms with van der Waals surface area (Å²) in [5, 5.41) is 16.9. The van der Waals surface area contributed by atoms with Crippen LogP contribution in [0.15, 0.2) is 23.3 Å². The first-order valence-corrected chi connectivity index (χ1v) is 11.7. The summed E-state index contributed by atoms with van der Waals surface area (Å²) in [5.41, 5.74) is -2.70. The highest BCUT2D eigenvalue weighted by molar-refractivity contribution is 5.76. The maximum atomic E-state index is 13.2. The summed E-state index contributed by atoms with van der Waals surface area (Å²) in [6, 6.07) is 3.18. The number of alkyl halides is 3. The second-order valence-corrected chi connectivity index (χ2v) is 8.84. The number of aromatic amines is 1. The summed E-state index contributed by atoms with van der Waals surface area (Å²) < 4.78 is 50.8. The molecule has 198 valence electrons. The van der Waals surface area contributed by atoms with Gasteiger partial charge in [0, 0.05) is 44.4 Å². The number of nitrogens with one attached hydrogen (secondary N) is 2. The Bertz CT molecular complexity index is 1230.